The lowest BCUT2D eigenvalue weighted by atomic mass is 10.1. The van der Waals surface area contributed by atoms with Gasteiger partial charge in [-0.3, -0.25) is 14.5 Å². The number of rotatable bonds is 7. The second kappa shape index (κ2) is 9.87. The van der Waals surface area contributed by atoms with Crippen molar-refractivity contribution in [2.75, 3.05) is 6.54 Å². The molecule has 154 valence electrons. The SMILES string of the molecule is CC(=O)c1ccc(CNC(=O)CN(Cc2ccccc2)C(=O)OC(C)(C)C)cc1. The van der Waals surface area contributed by atoms with Crippen molar-refractivity contribution >= 4 is 17.8 Å². The molecule has 0 unspecified atom stereocenters. The number of carbonyl (C=O) groups excluding carboxylic acids is 3. The molecule has 0 bridgehead atoms. The average Bonchev–Trinajstić information content (AvgIpc) is 2.65. The standard InChI is InChI=1S/C23H28N2O4/c1-17(26)20-12-10-18(11-13-20)14-24-21(27)16-25(22(28)29-23(2,3)4)15-19-8-6-5-7-9-19/h5-13H,14-16H2,1-4H3,(H,24,27). The molecule has 0 saturated heterocycles. The molecule has 0 atom stereocenters. The molecular weight excluding hydrogens is 368 g/mol. The van der Waals surface area contributed by atoms with E-state index in [4.69, 9.17) is 4.74 Å². The van der Waals surface area contributed by atoms with Crippen molar-refractivity contribution in [2.24, 2.45) is 0 Å². The summed E-state index contributed by atoms with van der Waals surface area (Å²) in [7, 11) is 0. The quantitative estimate of drug-likeness (QED) is 0.719. The van der Waals surface area contributed by atoms with E-state index < -0.39 is 11.7 Å². The van der Waals surface area contributed by atoms with Gasteiger partial charge in [0, 0.05) is 18.7 Å². The largest absolute Gasteiger partial charge is 0.444 e. The zero-order valence-corrected chi connectivity index (χ0v) is 17.4. The van der Waals surface area contributed by atoms with E-state index in [2.05, 4.69) is 5.32 Å². The second-order valence-electron chi connectivity index (χ2n) is 7.85. The summed E-state index contributed by atoms with van der Waals surface area (Å²) in [5.41, 5.74) is 1.75. The lowest BCUT2D eigenvalue weighted by Crippen LogP contribution is -2.42. The maximum absolute atomic E-state index is 12.6. The fraction of sp³-hybridized carbons (Fsp3) is 0.348. The molecule has 1 N–H and O–H groups in total. The number of ether oxygens (including phenoxy) is 1. The van der Waals surface area contributed by atoms with Gasteiger partial charge in [-0.2, -0.15) is 0 Å². The Labute approximate surface area is 171 Å². The Hall–Kier alpha value is -3.15. The fourth-order valence-electron chi connectivity index (χ4n) is 2.60. The molecular formula is C23H28N2O4. The number of Topliss-reactive ketones (excluding diaryl/α,β-unsaturated/α-hetero) is 1. The fourth-order valence-corrected chi connectivity index (χ4v) is 2.60. The molecule has 0 heterocycles. The first-order valence-electron chi connectivity index (χ1n) is 9.52. The van der Waals surface area contributed by atoms with Gasteiger partial charge in [-0.15, -0.1) is 0 Å². The molecule has 6 heteroatoms. The van der Waals surface area contributed by atoms with Gasteiger partial charge in [0.1, 0.15) is 12.1 Å². The molecule has 6 nitrogen and oxygen atoms in total. The molecule has 2 aromatic carbocycles. The van der Waals surface area contributed by atoms with Crippen LogP contribution in [0.25, 0.3) is 0 Å². The maximum Gasteiger partial charge on any atom is 0.411 e. The summed E-state index contributed by atoms with van der Waals surface area (Å²) in [5.74, 6) is -0.295. The van der Waals surface area contributed by atoms with Gasteiger partial charge in [-0.25, -0.2) is 4.79 Å². The highest BCUT2D eigenvalue weighted by atomic mass is 16.6. The van der Waals surface area contributed by atoms with E-state index in [9.17, 15) is 14.4 Å². The number of nitrogens with zero attached hydrogens (tertiary/aromatic N) is 1. The van der Waals surface area contributed by atoms with E-state index in [1.54, 1.807) is 45.0 Å². The Morgan fingerprint density at radius 3 is 2.10 bits per heavy atom. The Morgan fingerprint density at radius 2 is 1.55 bits per heavy atom. The predicted molar refractivity (Wildman–Crippen MR) is 111 cm³/mol. The molecule has 0 fully saturated rings. The molecule has 2 rings (SSSR count). The summed E-state index contributed by atoms with van der Waals surface area (Å²) >= 11 is 0. The lowest BCUT2D eigenvalue weighted by molar-refractivity contribution is -0.122. The van der Waals surface area contributed by atoms with Gasteiger partial charge in [-0.1, -0.05) is 54.6 Å². The van der Waals surface area contributed by atoms with E-state index >= 15 is 0 Å². The predicted octanol–water partition coefficient (Wildman–Crippen LogP) is 3.94. The number of hydrogen-bond acceptors (Lipinski definition) is 4. The van der Waals surface area contributed by atoms with Crippen LogP contribution in [-0.4, -0.2) is 34.8 Å². The zero-order chi connectivity index (χ0) is 21.4. The topological polar surface area (TPSA) is 75.7 Å². The summed E-state index contributed by atoms with van der Waals surface area (Å²) in [4.78, 5) is 37.7. The minimum atomic E-state index is -0.652. The van der Waals surface area contributed by atoms with E-state index in [1.165, 1.54) is 11.8 Å². The molecule has 2 amide bonds. The van der Waals surface area contributed by atoms with Crippen LogP contribution >= 0.6 is 0 Å². The zero-order valence-electron chi connectivity index (χ0n) is 17.4. The highest BCUT2D eigenvalue weighted by molar-refractivity contribution is 5.94. The molecule has 0 radical (unpaired) electrons. The van der Waals surface area contributed by atoms with Gasteiger partial charge in [0.15, 0.2) is 5.78 Å². The van der Waals surface area contributed by atoms with Crippen molar-refractivity contribution in [3.63, 3.8) is 0 Å². The van der Waals surface area contributed by atoms with Gasteiger partial charge in [-0.05, 0) is 38.8 Å². The van der Waals surface area contributed by atoms with Gasteiger partial charge in [0.05, 0.1) is 0 Å². The van der Waals surface area contributed by atoms with Crippen LogP contribution in [0.15, 0.2) is 54.6 Å². The summed E-state index contributed by atoms with van der Waals surface area (Å²) in [6.07, 6.45) is -0.540. The Morgan fingerprint density at radius 1 is 0.931 bits per heavy atom. The van der Waals surface area contributed by atoms with Crippen LogP contribution in [0.5, 0.6) is 0 Å². The van der Waals surface area contributed by atoms with Crippen molar-refractivity contribution in [1.29, 1.82) is 0 Å². The number of ketones is 1. The van der Waals surface area contributed by atoms with Crippen LogP contribution in [-0.2, 0) is 22.6 Å². The first-order chi connectivity index (χ1) is 13.6. The van der Waals surface area contributed by atoms with Gasteiger partial charge in [0.2, 0.25) is 5.91 Å². The third kappa shape index (κ3) is 7.78. The van der Waals surface area contributed by atoms with E-state index in [-0.39, 0.29) is 24.8 Å². The van der Waals surface area contributed by atoms with Crippen molar-refractivity contribution in [3.8, 4) is 0 Å². The van der Waals surface area contributed by atoms with Crippen LogP contribution in [0.1, 0.15) is 49.2 Å². The first-order valence-corrected chi connectivity index (χ1v) is 9.52. The van der Waals surface area contributed by atoms with Crippen molar-refractivity contribution < 1.29 is 19.1 Å². The minimum Gasteiger partial charge on any atom is -0.444 e. The number of carbonyl (C=O) groups is 3. The summed E-state index contributed by atoms with van der Waals surface area (Å²) in [5, 5.41) is 2.81. The van der Waals surface area contributed by atoms with Gasteiger partial charge >= 0.3 is 6.09 Å². The third-order valence-corrected chi connectivity index (χ3v) is 4.05. The summed E-state index contributed by atoms with van der Waals surface area (Å²) in [6.45, 7) is 7.34. The van der Waals surface area contributed by atoms with Gasteiger partial charge in [0.25, 0.3) is 0 Å². The molecule has 0 aromatic heterocycles. The van der Waals surface area contributed by atoms with Crippen LogP contribution in [0.2, 0.25) is 0 Å². The van der Waals surface area contributed by atoms with Crippen LogP contribution in [0.3, 0.4) is 0 Å². The monoisotopic (exact) mass is 396 g/mol. The van der Waals surface area contributed by atoms with E-state index in [0.717, 1.165) is 11.1 Å². The number of amides is 2. The Bertz CT molecular complexity index is 839. The molecule has 0 spiro atoms. The van der Waals surface area contributed by atoms with Crippen LogP contribution in [0, 0.1) is 0 Å². The van der Waals surface area contributed by atoms with Gasteiger partial charge < -0.3 is 10.1 Å². The van der Waals surface area contributed by atoms with E-state index in [1.807, 2.05) is 30.3 Å². The normalized spacial score (nSPS) is 10.9. The average molecular weight is 396 g/mol. The van der Waals surface area contributed by atoms with Crippen molar-refractivity contribution in [1.82, 2.24) is 10.2 Å². The third-order valence-electron chi connectivity index (χ3n) is 4.05. The smallest absolute Gasteiger partial charge is 0.411 e. The Kier molecular flexibility index (Phi) is 7.53. The number of benzene rings is 2. The molecule has 0 aliphatic carbocycles. The van der Waals surface area contributed by atoms with E-state index in [0.29, 0.717) is 12.1 Å². The van der Waals surface area contributed by atoms with Crippen molar-refractivity contribution in [3.05, 3.63) is 71.3 Å². The molecule has 2 aromatic rings. The second-order valence-corrected chi connectivity index (χ2v) is 7.85. The molecule has 0 aliphatic rings. The van der Waals surface area contributed by atoms with Crippen LogP contribution < -0.4 is 5.32 Å². The number of hydrogen-bond donors (Lipinski definition) is 1. The number of nitrogens with one attached hydrogen (secondary N) is 1. The lowest BCUT2D eigenvalue weighted by Gasteiger charge is -2.27. The molecule has 0 saturated carbocycles. The first kappa shape index (κ1) is 22.1. The molecule has 0 aliphatic heterocycles. The Balaban J connectivity index is 1.99. The minimum absolute atomic E-state index is 0.00509. The van der Waals surface area contributed by atoms with Crippen molar-refractivity contribution in [2.45, 2.75) is 46.4 Å². The highest BCUT2D eigenvalue weighted by Gasteiger charge is 2.24. The maximum atomic E-state index is 12.6. The summed E-state index contributed by atoms with van der Waals surface area (Å²) < 4.78 is 5.45. The summed E-state index contributed by atoms with van der Waals surface area (Å²) in [6, 6.07) is 16.5. The molecule has 29 heavy (non-hydrogen) atoms. The van der Waals surface area contributed by atoms with Crippen LogP contribution in [0.4, 0.5) is 4.79 Å². The highest BCUT2D eigenvalue weighted by Crippen LogP contribution is 2.13.